The van der Waals surface area contributed by atoms with Crippen LogP contribution in [0.25, 0.3) is 0 Å². The molecule has 0 saturated carbocycles. The Balaban J connectivity index is 2.84. The first-order chi connectivity index (χ1) is 6.61. The highest BCUT2D eigenvalue weighted by Gasteiger charge is 2.06. The number of carbonyl (C=O) groups is 2. The summed E-state index contributed by atoms with van der Waals surface area (Å²) in [6.45, 7) is -0.0235. The number of nitrogens with one attached hydrogen (secondary N) is 1. The minimum absolute atomic E-state index is 0.0235. The predicted octanol–water partition coefficient (Wildman–Crippen LogP) is -0.317. The molecular weight excluding hydrogens is 182 g/mol. The molecule has 0 aliphatic heterocycles. The van der Waals surface area contributed by atoms with Crippen LogP contribution in [0.5, 0.6) is 0 Å². The van der Waals surface area contributed by atoms with E-state index in [0.717, 1.165) is 0 Å². The molecule has 0 unspecified atom stereocenters. The first kappa shape index (κ1) is 10.0. The summed E-state index contributed by atoms with van der Waals surface area (Å²) in [5.41, 5.74) is 10.9. The lowest BCUT2D eigenvalue weighted by Crippen LogP contribution is -2.23. The van der Waals surface area contributed by atoms with Gasteiger partial charge >= 0.3 is 0 Å². The van der Waals surface area contributed by atoms with E-state index in [1.165, 1.54) is 0 Å². The molecule has 74 valence electrons. The van der Waals surface area contributed by atoms with Crippen LogP contribution in [0.1, 0.15) is 10.4 Å². The van der Waals surface area contributed by atoms with Crippen molar-refractivity contribution in [2.45, 2.75) is 0 Å². The van der Waals surface area contributed by atoms with Crippen LogP contribution < -0.4 is 16.8 Å². The Labute approximate surface area is 81.1 Å². The lowest BCUT2D eigenvalue weighted by atomic mass is 10.1. The van der Waals surface area contributed by atoms with Gasteiger partial charge in [-0.1, -0.05) is 12.1 Å². The number of carbonyl (C=O) groups excluding carboxylic acids is 2. The molecule has 0 radical (unpaired) electrons. The number of benzene rings is 1. The van der Waals surface area contributed by atoms with Crippen molar-refractivity contribution < 1.29 is 9.59 Å². The van der Waals surface area contributed by atoms with Crippen LogP contribution in [-0.4, -0.2) is 18.4 Å². The van der Waals surface area contributed by atoms with Crippen molar-refractivity contribution in [3.05, 3.63) is 29.8 Å². The molecule has 0 aliphatic rings. The van der Waals surface area contributed by atoms with Crippen LogP contribution in [0.2, 0.25) is 0 Å². The molecule has 1 rings (SSSR count). The molecule has 0 bridgehead atoms. The molecule has 0 heterocycles. The Bertz CT molecular complexity index is 363. The average Bonchev–Trinajstić information content (AvgIpc) is 2.15. The molecule has 0 aromatic heterocycles. The van der Waals surface area contributed by atoms with E-state index in [2.05, 4.69) is 5.32 Å². The summed E-state index contributed by atoms with van der Waals surface area (Å²) < 4.78 is 0. The second kappa shape index (κ2) is 4.27. The molecule has 0 atom stereocenters. The Hall–Kier alpha value is -2.04. The van der Waals surface area contributed by atoms with Gasteiger partial charge in [0.15, 0.2) is 0 Å². The molecule has 5 heteroatoms. The molecule has 0 fully saturated rings. The van der Waals surface area contributed by atoms with Crippen molar-refractivity contribution in [3.8, 4) is 0 Å². The van der Waals surface area contributed by atoms with Crippen molar-refractivity contribution in [3.63, 3.8) is 0 Å². The summed E-state index contributed by atoms with van der Waals surface area (Å²) in [5.74, 6) is -1.04. The average molecular weight is 193 g/mol. The summed E-state index contributed by atoms with van der Waals surface area (Å²) in [6, 6.07) is 6.65. The zero-order valence-corrected chi connectivity index (χ0v) is 7.49. The van der Waals surface area contributed by atoms with Crippen LogP contribution in [0.3, 0.4) is 0 Å². The molecule has 0 spiro atoms. The highest BCUT2D eigenvalue weighted by molar-refractivity contribution is 5.98. The van der Waals surface area contributed by atoms with Crippen molar-refractivity contribution in [2.75, 3.05) is 11.9 Å². The lowest BCUT2D eigenvalue weighted by molar-refractivity contribution is -0.116. The number of primary amides is 2. The van der Waals surface area contributed by atoms with E-state index in [-0.39, 0.29) is 6.54 Å². The second-order valence-electron chi connectivity index (χ2n) is 2.73. The molecule has 2 amide bonds. The number of anilines is 1. The summed E-state index contributed by atoms with van der Waals surface area (Å²) >= 11 is 0. The number of hydrogen-bond acceptors (Lipinski definition) is 3. The van der Waals surface area contributed by atoms with Crippen molar-refractivity contribution in [2.24, 2.45) is 11.5 Å². The van der Waals surface area contributed by atoms with E-state index in [4.69, 9.17) is 11.5 Å². The first-order valence-corrected chi connectivity index (χ1v) is 4.02. The fourth-order valence-electron chi connectivity index (χ4n) is 1.03. The highest BCUT2D eigenvalue weighted by Crippen LogP contribution is 2.13. The third kappa shape index (κ3) is 2.48. The monoisotopic (exact) mass is 193 g/mol. The van der Waals surface area contributed by atoms with Crippen molar-refractivity contribution >= 4 is 17.5 Å². The maximum atomic E-state index is 10.9. The lowest BCUT2D eigenvalue weighted by Gasteiger charge is -2.07. The fourth-order valence-corrected chi connectivity index (χ4v) is 1.03. The summed E-state index contributed by atoms with van der Waals surface area (Å²) in [7, 11) is 0. The molecule has 14 heavy (non-hydrogen) atoms. The van der Waals surface area contributed by atoms with Gasteiger partial charge in [0.1, 0.15) is 0 Å². The number of amides is 2. The molecule has 1 aromatic carbocycles. The summed E-state index contributed by atoms with van der Waals surface area (Å²) in [4.78, 5) is 21.4. The van der Waals surface area contributed by atoms with Gasteiger partial charge in [-0.2, -0.15) is 0 Å². The molecule has 0 saturated heterocycles. The number of rotatable bonds is 4. The Kier molecular flexibility index (Phi) is 3.06. The zero-order valence-electron chi connectivity index (χ0n) is 7.49. The standard InChI is InChI=1S/C9H11N3O2/c10-8(13)5-12-7-4-2-1-3-6(7)9(11)14/h1-4,12H,5H2,(H2,10,13)(H2,11,14). The zero-order chi connectivity index (χ0) is 10.6. The van der Waals surface area contributed by atoms with Gasteiger partial charge in [0, 0.05) is 5.69 Å². The number of para-hydroxylation sites is 1. The molecule has 5 nitrogen and oxygen atoms in total. The van der Waals surface area contributed by atoms with E-state index in [1.54, 1.807) is 24.3 Å². The van der Waals surface area contributed by atoms with E-state index in [9.17, 15) is 9.59 Å². The van der Waals surface area contributed by atoms with Gasteiger partial charge in [0.05, 0.1) is 12.1 Å². The topological polar surface area (TPSA) is 98.2 Å². The Morgan fingerprint density at radius 3 is 2.43 bits per heavy atom. The molecule has 0 aliphatic carbocycles. The van der Waals surface area contributed by atoms with Crippen LogP contribution in [-0.2, 0) is 4.79 Å². The fraction of sp³-hybridized carbons (Fsp3) is 0.111. The smallest absolute Gasteiger partial charge is 0.250 e. The maximum absolute atomic E-state index is 10.9. The largest absolute Gasteiger partial charge is 0.376 e. The van der Waals surface area contributed by atoms with Crippen LogP contribution >= 0.6 is 0 Å². The van der Waals surface area contributed by atoms with Crippen molar-refractivity contribution in [1.29, 1.82) is 0 Å². The van der Waals surface area contributed by atoms with Gasteiger partial charge in [-0.25, -0.2) is 0 Å². The van der Waals surface area contributed by atoms with E-state index >= 15 is 0 Å². The van der Waals surface area contributed by atoms with E-state index in [1.807, 2.05) is 0 Å². The molecular formula is C9H11N3O2. The Morgan fingerprint density at radius 1 is 1.21 bits per heavy atom. The number of nitrogens with two attached hydrogens (primary N) is 2. The van der Waals surface area contributed by atoms with Crippen LogP contribution in [0.4, 0.5) is 5.69 Å². The van der Waals surface area contributed by atoms with Crippen LogP contribution in [0, 0.1) is 0 Å². The third-order valence-corrected chi connectivity index (χ3v) is 1.65. The van der Waals surface area contributed by atoms with Gasteiger partial charge in [0.25, 0.3) is 5.91 Å². The summed E-state index contributed by atoms with van der Waals surface area (Å²) in [6.07, 6.45) is 0. The normalized spacial score (nSPS) is 9.43. The van der Waals surface area contributed by atoms with E-state index < -0.39 is 11.8 Å². The molecule has 5 N–H and O–H groups in total. The first-order valence-electron chi connectivity index (χ1n) is 4.02. The van der Waals surface area contributed by atoms with Crippen LogP contribution in [0.15, 0.2) is 24.3 Å². The number of hydrogen-bond donors (Lipinski definition) is 3. The quantitative estimate of drug-likeness (QED) is 0.611. The van der Waals surface area contributed by atoms with Gasteiger partial charge in [-0.15, -0.1) is 0 Å². The van der Waals surface area contributed by atoms with Crippen molar-refractivity contribution in [1.82, 2.24) is 0 Å². The molecule has 1 aromatic rings. The summed E-state index contributed by atoms with van der Waals surface area (Å²) in [5, 5.41) is 2.72. The maximum Gasteiger partial charge on any atom is 0.250 e. The van der Waals surface area contributed by atoms with Gasteiger partial charge in [0.2, 0.25) is 5.91 Å². The minimum Gasteiger partial charge on any atom is -0.376 e. The highest BCUT2D eigenvalue weighted by atomic mass is 16.1. The van der Waals surface area contributed by atoms with Gasteiger partial charge in [-0.05, 0) is 12.1 Å². The van der Waals surface area contributed by atoms with Gasteiger partial charge < -0.3 is 16.8 Å². The Morgan fingerprint density at radius 2 is 1.86 bits per heavy atom. The SMILES string of the molecule is NC(=O)CNc1ccccc1C(N)=O. The van der Waals surface area contributed by atoms with Gasteiger partial charge in [-0.3, -0.25) is 9.59 Å². The third-order valence-electron chi connectivity index (χ3n) is 1.65. The second-order valence-corrected chi connectivity index (χ2v) is 2.73. The van der Waals surface area contributed by atoms with E-state index in [0.29, 0.717) is 11.3 Å². The minimum atomic E-state index is -0.544. The predicted molar refractivity (Wildman–Crippen MR) is 52.6 cm³/mol.